The van der Waals surface area contributed by atoms with Crippen LogP contribution in [0.4, 0.5) is 0 Å². The quantitative estimate of drug-likeness (QED) is 0.737. The minimum absolute atomic E-state index is 0. The summed E-state index contributed by atoms with van der Waals surface area (Å²) in [5, 5.41) is 11.2. The number of amidine groups is 1. The first-order valence-corrected chi connectivity index (χ1v) is 7.26. The van der Waals surface area contributed by atoms with Crippen molar-refractivity contribution in [3.63, 3.8) is 0 Å². The van der Waals surface area contributed by atoms with Gasteiger partial charge in [0.1, 0.15) is 5.69 Å². The Balaban J connectivity index is 0.00000161. The highest BCUT2D eigenvalue weighted by Gasteiger charge is 2.21. The zero-order valence-electron chi connectivity index (χ0n) is 11.5. The first-order valence-electron chi connectivity index (χ1n) is 6.44. The molecular weight excluding hydrogens is 401 g/mol. The first-order chi connectivity index (χ1) is 9.66. The number of fused-ring (bicyclic) bond motifs is 1. The number of rotatable bonds is 2. The lowest BCUT2D eigenvalue weighted by Crippen LogP contribution is -2.29. The number of hydrogen-bond donors (Lipinski definition) is 2. The maximum atomic E-state index is 11.4. The van der Waals surface area contributed by atoms with Crippen LogP contribution >= 0.6 is 35.7 Å². The molecule has 0 amide bonds. The predicted molar refractivity (Wildman–Crippen MR) is 96.1 cm³/mol. The summed E-state index contributed by atoms with van der Waals surface area (Å²) in [5.74, 6) is -0.942. The molecule has 1 aliphatic rings. The van der Waals surface area contributed by atoms with Crippen molar-refractivity contribution in [2.45, 2.75) is 11.3 Å². The molecule has 1 aliphatic heterocycles. The zero-order valence-corrected chi connectivity index (χ0v) is 14.6. The summed E-state index contributed by atoms with van der Waals surface area (Å²) in [4.78, 5) is 21.7. The van der Waals surface area contributed by atoms with E-state index in [4.69, 9.17) is 0 Å². The Morgan fingerprint density at radius 2 is 2.19 bits per heavy atom. The fraction of sp³-hybridized carbons (Fsp3) is 0.286. The topological polar surface area (TPSA) is 68.7 Å². The molecule has 0 unspecified atom stereocenters. The number of carboxylic acids is 1. The Morgan fingerprint density at radius 3 is 2.90 bits per heavy atom. The number of para-hydroxylation sites is 1. The van der Waals surface area contributed by atoms with Crippen LogP contribution in [0.3, 0.4) is 0 Å². The summed E-state index contributed by atoms with van der Waals surface area (Å²) >= 11 is 1.43. The van der Waals surface area contributed by atoms with Crippen LogP contribution in [0.2, 0.25) is 0 Å². The molecule has 2 heterocycles. The van der Waals surface area contributed by atoms with Crippen molar-refractivity contribution in [2.75, 3.05) is 20.1 Å². The van der Waals surface area contributed by atoms with E-state index in [0.717, 1.165) is 40.5 Å². The molecule has 0 saturated heterocycles. The number of carbonyl (C=O) groups is 1. The van der Waals surface area contributed by atoms with Crippen LogP contribution in [0, 0.1) is 0 Å². The van der Waals surface area contributed by atoms with Crippen LogP contribution < -0.4 is 0 Å². The zero-order chi connectivity index (χ0) is 14.1. The summed E-state index contributed by atoms with van der Waals surface area (Å²) < 4.78 is 0. The van der Waals surface area contributed by atoms with Crippen molar-refractivity contribution in [2.24, 2.45) is 4.99 Å². The van der Waals surface area contributed by atoms with Crippen LogP contribution in [-0.2, 0) is 0 Å². The lowest BCUT2D eigenvalue weighted by molar-refractivity contribution is 0.0688. The predicted octanol–water partition coefficient (Wildman–Crippen LogP) is 3.27. The molecule has 3 rings (SSSR count). The van der Waals surface area contributed by atoms with Gasteiger partial charge in [0.05, 0.1) is 4.90 Å². The molecule has 0 spiro atoms. The van der Waals surface area contributed by atoms with Gasteiger partial charge in [-0.25, -0.2) is 4.79 Å². The van der Waals surface area contributed by atoms with Crippen molar-refractivity contribution in [3.05, 3.63) is 30.0 Å². The maximum Gasteiger partial charge on any atom is 0.353 e. The van der Waals surface area contributed by atoms with Crippen molar-refractivity contribution in [3.8, 4) is 0 Å². The van der Waals surface area contributed by atoms with Crippen molar-refractivity contribution < 1.29 is 9.90 Å². The average Bonchev–Trinajstić information content (AvgIpc) is 2.81. The Hall–Kier alpha value is -1.22. The van der Waals surface area contributed by atoms with Gasteiger partial charge in [-0.15, -0.1) is 24.0 Å². The largest absolute Gasteiger partial charge is 0.477 e. The van der Waals surface area contributed by atoms with Crippen LogP contribution in [0.1, 0.15) is 16.9 Å². The van der Waals surface area contributed by atoms with Crippen molar-refractivity contribution >= 4 is 57.8 Å². The van der Waals surface area contributed by atoms with Gasteiger partial charge < -0.3 is 15.0 Å². The molecule has 0 fully saturated rings. The van der Waals surface area contributed by atoms with Gasteiger partial charge in [0.15, 0.2) is 5.17 Å². The highest BCUT2D eigenvalue weighted by Crippen LogP contribution is 2.33. The minimum atomic E-state index is -0.942. The Morgan fingerprint density at radius 1 is 1.43 bits per heavy atom. The molecule has 1 aromatic carbocycles. The lowest BCUT2D eigenvalue weighted by Gasteiger charge is -2.24. The minimum Gasteiger partial charge on any atom is -0.477 e. The highest BCUT2D eigenvalue weighted by atomic mass is 127. The fourth-order valence-electron chi connectivity index (χ4n) is 2.27. The summed E-state index contributed by atoms with van der Waals surface area (Å²) in [6, 6.07) is 7.63. The highest BCUT2D eigenvalue weighted by molar-refractivity contribution is 14.0. The fourth-order valence-corrected chi connectivity index (χ4v) is 3.39. The molecule has 21 heavy (non-hydrogen) atoms. The number of aromatic nitrogens is 1. The van der Waals surface area contributed by atoms with Gasteiger partial charge in [-0.1, -0.05) is 18.2 Å². The summed E-state index contributed by atoms with van der Waals surface area (Å²) in [6.45, 7) is 1.76. The summed E-state index contributed by atoms with van der Waals surface area (Å²) in [5.41, 5.74) is 1.07. The molecule has 0 aliphatic carbocycles. The molecule has 0 bridgehead atoms. The van der Waals surface area contributed by atoms with E-state index in [0.29, 0.717) is 0 Å². The number of carboxylic acid groups (broad SMARTS) is 1. The van der Waals surface area contributed by atoms with Crippen LogP contribution in [-0.4, -0.2) is 46.3 Å². The number of aliphatic imine (C=N–C) groups is 1. The molecule has 2 aromatic rings. The molecule has 0 saturated carbocycles. The number of aromatic carboxylic acids is 1. The van der Waals surface area contributed by atoms with Gasteiger partial charge in [0.2, 0.25) is 0 Å². The summed E-state index contributed by atoms with van der Waals surface area (Å²) in [7, 11) is 1.99. The molecule has 2 N–H and O–H groups in total. The van der Waals surface area contributed by atoms with Crippen molar-refractivity contribution in [1.82, 2.24) is 9.88 Å². The van der Waals surface area contributed by atoms with Crippen LogP contribution in [0.25, 0.3) is 10.9 Å². The van der Waals surface area contributed by atoms with Gasteiger partial charge in [-0.05, 0) is 24.2 Å². The lowest BCUT2D eigenvalue weighted by atomic mass is 10.2. The summed E-state index contributed by atoms with van der Waals surface area (Å²) in [6.07, 6.45) is 1.04. The van der Waals surface area contributed by atoms with Crippen LogP contribution in [0.15, 0.2) is 34.2 Å². The number of benzene rings is 1. The van der Waals surface area contributed by atoms with E-state index >= 15 is 0 Å². The van der Waals surface area contributed by atoms with E-state index in [9.17, 15) is 9.90 Å². The average molecular weight is 417 g/mol. The Bertz CT molecular complexity index is 699. The van der Waals surface area contributed by atoms with Crippen molar-refractivity contribution in [1.29, 1.82) is 0 Å². The van der Waals surface area contributed by atoms with E-state index in [1.165, 1.54) is 11.8 Å². The Labute approximate surface area is 143 Å². The number of H-pyrrole nitrogens is 1. The normalized spacial score (nSPS) is 14.7. The molecule has 7 heteroatoms. The Kier molecular flexibility index (Phi) is 5.15. The maximum absolute atomic E-state index is 11.4. The van der Waals surface area contributed by atoms with Crippen LogP contribution in [0.5, 0.6) is 0 Å². The van der Waals surface area contributed by atoms with Gasteiger partial charge >= 0.3 is 5.97 Å². The third-order valence-electron chi connectivity index (χ3n) is 3.29. The van der Waals surface area contributed by atoms with E-state index in [1.54, 1.807) is 0 Å². The van der Waals surface area contributed by atoms with Gasteiger partial charge in [0.25, 0.3) is 0 Å². The number of nitrogens with zero attached hydrogens (tertiary/aromatic N) is 2. The third-order valence-corrected chi connectivity index (χ3v) is 4.54. The number of thioether (sulfide) groups is 1. The molecule has 0 atom stereocenters. The van der Waals surface area contributed by atoms with Gasteiger partial charge in [0, 0.05) is 31.0 Å². The molecule has 112 valence electrons. The van der Waals surface area contributed by atoms with E-state index in [1.807, 2.05) is 31.3 Å². The SMILES string of the molecule is CN1CCCN=C1Sc1c(C(=O)O)[nH]c2ccccc12.I. The first kappa shape index (κ1) is 16.2. The third kappa shape index (κ3) is 3.18. The number of hydrogen-bond acceptors (Lipinski definition) is 4. The van der Waals surface area contributed by atoms with Gasteiger partial charge in [-0.2, -0.15) is 0 Å². The molecular formula is C14H16IN3O2S. The standard InChI is InChI=1S/C14H15N3O2S.HI/c1-17-8-4-7-15-14(17)20-12-9-5-2-3-6-10(9)16-11(12)13(18)19;/h2-3,5-6,16H,4,7-8H2,1H3,(H,18,19);1H. The smallest absolute Gasteiger partial charge is 0.353 e. The molecule has 5 nitrogen and oxygen atoms in total. The van der Waals surface area contributed by atoms with E-state index < -0.39 is 5.97 Å². The monoisotopic (exact) mass is 417 g/mol. The second kappa shape index (κ2) is 6.69. The number of aromatic amines is 1. The number of halogens is 1. The van der Waals surface area contributed by atoms with E-state index in [-0.39, 0.29) is 29.7 Å². The second-order valence-electron chi connectivity index (χ2n) is 4.72. The number of nitrogens with one attached hydrogen (secondary N) is 1. The molecule has 1 aromatic heterocycles. The second-order valence-corrected chi connectivity index (χ2v) is 5.70. The van der Waals surface area contributed by atoms with E-state index in [2.05, 4.69) is 14.9 Å². The molecule has 0 radical (unpaired) electrons. The van der Waals surface area contributed by atoms with Gasteiger partial charge in [-0.3, -0.25) is 4.99 Å².